The maximum absolute atomic E-state index is 12.4. The summed E-state index contributed by atoms with van der Waals surface area (Å²) in [6.45, 7) is 0.773. The minimum Gasteiger partial charge on any atom is -0.399 e. The number of nitrogens with two attached hydrogens (primary N) is 1. The summed E-state index contributed by atoms with van der Waals surface area (Å²) in [5.74, 6) is -0.00375. The van der Waals surface area contributed by atoms with Crippen LogP contribution in [-0.4, -0.2) is 35.1 Å². The van der Waals surface area contributed by atoms with Gasteiger partial charge in [0, 0.05) is 17.8 Å². The Kier molecular flexibility index (Phi) is 4.20. The van der Waals surface area contributed by atoms with Crippen molar-refractivity contribution in [1.82, 2.24) is 4.90 Å². The normalized spacial score (nSPS) is 20.5. The van der Waals surface area contributed by atoms with Crippen molar-refractivity contribution in [3.05, 3.63) is 29.8 Å². The lowest BCUT2D eigenvalue weighted by Gasteiger charge is -2.28. The van der Waals surface area contributed by atoms with Crippen molar-refractivity contribution in [2.45, 2.75) is 31.7 Å². The van der Waals surface area contributed by atoms with Gasteiger partial charge in [0.15, 0.2) is 0 Å². The first-order chi connectivity index (χ1) is 8.72. The van der Waals surface area contributed by atoms with Crippen LogP contribution >= 0.6 is 0 Å². The molecule has 4 nitrogen and oxygen atoms in total. The number of nitrogens with zero attached hydrogens (tertiary/aromatic N) is 1. The molecule has 1 saturated heterocycles. The van der Waals surface area contributed by atoms with Crippen molar-refractivity contribution >= 4 is 11.6 Å². The summed E-state index contributed by atoms with van der Waals surface area (Å²) in [7, 11) is 0. The lowest BCUT2D eigenvalue weighted by molar-refractivity contribution is 0.0600. The lowest BCUT2D eigenvalue weighted by Crippen LogP contribution is -2.42. The molecule has 1 aliphatic rings. The Morgan fingerprint density at radius 2 is 2.00 bits per heavy atom. The highest BCUT2D eigenvalue weighted by Gasteiger charge is 2.25. The van der Waals surface area contributed by atoms with Crippen molar-refractivity contribution in [3.63, 3.8) is 0 Å². The van der Waals surface area contributed by atoms with Gasteiger partial charge in [0.25, 0.3) is 5.91 Å². The molecule has 0 spiro atoms. The van der Waals surface area contributed by atoms with Gasteiger partial charge in [-0.05, 0) is 37.1 Å². The molecule has 0 aromatic heterocycles. The molecule has 98 valence electrons. The number of likely N-dealkylation sites (tertiary alicyclic amines) is 1. The molecule has 1 atom stereocenters. The molecule has 3 N–H and O–H groups in total. The SMILES string of the molecule is Nc1ccc(C(=O)N2CCCCCC2CO)cc1. The predicted octanol–water partition coefficient (Wildman–Crippen LogP) is 1.65. The number of benzene rings is 1. The third-order valence-electron chi connectivity index (χ3n) is 3.51. The van der Waals surface area contributed by atoms with Crippen molar-refractivity contribution in [2.24, 2.45) is 0 Å². The average Bonchev–Trinajstić information content (AvgIpc) is 2.63. The van der Waals surface area contributed by atoms with Crippen LogP contribution in [0.5, 0.6) is 0 Å². The Hall–Kier alpha value is -1.55. The zero-order valence-corrected chi connectivity index (χ0v) is 10.5. The topological polar surface area (TPSA) is 66.6 Å². The maximum atomic E-state index is 12.4. The van der Waals surface area contributed by atoms with Gasteiger partial charge in [-0.1, -0.05) is 12.8 Å². The number of aliphatic hydroxyl groups is 1. The Morgan fingerprint density at radius 3 is 2.67 bits per heavy atom. The van der Waals surface area contributed by atoms with E-state index in [0.717, 1.165) is 32.2 Å². The third kappa shape index (κ3) is 2.82. The molecule has 1 unspecified atom stereocenters. The molecule has 1 heterocycles. The van der Waals surface area contributed by atoms with Crippen LogP contribution < -0.4 is 5.73 Å². The number of anilines is 1. The highest BCUT2D eigenvalue weighted by Crippen LogP contribution is 2.19. The molecule has 0 saturated carbocycles. The molecular formula is C14H20N2O2. The minimum absolute atomic E-state index is 0.00375. The van der Waals surface area contributed by atoms with Crippen molar-refractivity contribution < 1.29 is 9.90 Å². The number of hydrogen-bond donors (Lipinski definition) is 2. The molecule has 2 rings (SSSR count). The van der Waals surface area contributed by atoms with E-state index in [1.165, 1.54) is 0 Å². The van der Waals surface area contributed by atoms with E-state index in [-0.39, 0.29) is 18.6 Å². The fourth-order valence-corrected chi connectivity index (χ4v) is 2.43. The average molecular weight is 248 g/mol. The van der Waals surface area contributed by atoms with Gasteiger partial charge in [0.1, 0.15) is 0 Å². The summed E-state index contributed by atoms with van der Waals surface area (Å²) >= 11 is 0. The molecule has 0 radical (unpaired) electrons. The zero-order valence-electron chi connectivity index (χ0n) is 10.5. The number of nitrogen functional groups attached to an aromatic ring is 1. The molecular weight excluding hydrogens is 228 g/mol. The molecule has 4 heteroatoms. The van der Waals surface area contributed by atoms with Crippen LogP contribution in [0.3, 0.4) is 0 Å². The highest BCUT2D eigenvalue weighted by molar-refractivity contribution is 5.94. The third-order valence-corrected chi connectivity index (χ3v) is 3.51. The molecule has 1 fully saturated rings. The van der Waals surface area contributed by atoms with E-state index in [1.807, 2.05) is 0 Å². The number of hydrogen-bond acceptors (Lipinski definition) is 3. The second-order valence-electron chi connectivity index (χ2n) is 4.81. The molecule has 1 aromatic rings. The first-order valence-electron chi connectivity index (χ1n) is 6.49. The largest absolute Gasteiger partial charge is 0.399 e. The van der Waals surface area contributed by atoms with E-state index in [1.54, 1.807) is 29.2 Å². The number of amides is 1. The van der Waals surface area contributed by atoms with Crippen molar-refractivity contribution in [2.75, 3.05) is 18.9 Å². The van der Waals surface area contributed by atoms with Crippen LogP contribution in [0.2, 0.25) is 0 Å². The van der Waals surface area contributed by atoms with Gasteiger partial charge in [-0.25, -0.2) is 0 Å². The lowest BCUT2D eigenvalue weighted by atomic mass is 10.1. The molecule has 1 aliphatic heterocycles. The number of carbonyl (C=O) groups is 1. The minimum atomic E-state index is -0.0439. The fraction of sp³-hybridized carbons (Fsp3) is 0.500. The summed E-state index contributed by atoms with van der Waals surface area (Å²) in [4.78, 5) is 14.2. The van der Waals surface area contributed by atoms with E-state index in [0.29, 0.717) is 11.3 Å². The van der Waals surface area contributed by atoms with Crippen molar-refractivity contribution in [1.29, 1.82) is 0 Å². The molecule has 1 amide bonds. The number of rotatable bonds is 2. The first-order valence-corrected chi connectivity index (χ1v) is 6.49. The van der Waals surface area contributed by atoms with Crippen LogP contribution in [0.4, 0.5) is 5.69 Å². The van der Waals surface area contributed by atoms with Crippen molar-refractivity contribution in [3.8, 4) is 0 Å². The highest BCUT2D eigenvalue weighted by atomic mass is 16.3. The first kappa shape index (κ1) is 12.9. The summed E-state index contributed by atoms with van der Waals surface area (Å²) in [6, 6.07) is 6.92. The van der Waals surface area contributed by atoms with Crippen LogP contribution in [0, 0.1) is 0 Å². The Balaban J connectivity index is 2.17. The Labute approximate surface area is 107 Å². The summed E-state index contributed by atoms with van der Waals surface area (Å²) in [5, 5.41) is 9.41. The summed E-state index contributed by atoms with van der Waals surface area (Å²) < 4.78 is 0. The van der Waals surface area contributed by atoms with E-state index in [2.05, 4.69) is 0 Å². The predicted molar refractivity (Wildman–Crippen MR) is 71.2 cm³/mol. The van der Waals surface area contributed by atoms with Gasteiger partial charge in [-0.2, -0.15) is 0 Å². The van der Waals surface area contributed by atoms with E-state index in [4.69, 9.17) is 5.73 Å². The summed E-state index contributed by atoms with van der Waals surface area (Å²) in [5.41, 5.74) is 6.92. The van der Waals surface area contributed by atoms with Gasteiger partial charge in [-0.15, -0.1) is 0 Å². The second kappa shape index (κ2) is 5.87. The van der Waals surface area contributed by atoms with Gasteiger partial charge < -0.3 is 15.7 Å². The number of carbonyl (C=O) groups excluding carboxylic acids is 1. The quantitative estimate of drug-likeness (QED) is 0.782. The zero-order chi connectivity index (χ0) is 13.0. The van der Waals surface area contributed by atoms with Gasteiger partial charge in [-0.3, -0.25) is 4.79 Å². The van der Waals surface area contributed by atoms with E-state index in [9.17, 15) is 9.90 Å². The monoisotopic (exact) mass is 248 g/mol. The fourth-order valence-electron chi connectivity index (χ4n) is 2.43. The smallest absolute Gasteiger partial charge is 0.254 e. The van der Waals surface area contributed by atoms with Crippen LogP contribution in [0.1, 0.15) is 36.0 Å². The van der Waals surface area contributed by atoms with E-state index < -0.39 is 0 Å². The standard InChI is InChI=1S/C14H20N2O2/c15-12-7-5-11(6-8-12)14(18)16-9-3-1-2-4-13(16)10-17/h5-8,13,17H,1-4,9-10,15H2. The summed E-state index contributed by atoms with van der Waals surface area (Å²) in [6.07, 6.45) is 4.10. The van der Waals surface area contributed by atoms with Crippen LogP contribution in [-0.2, 0) is 0 Å². The Morgan fingerprint density at radius 1 is 1.28 bits per heavy atom. The number of aliphatic hydroxyl groups excluding tert-OH is 1. The maximum Gasteiger partial charge on any atom is 0.254 e. The molecule has 0 bridgehead atoms. The van der Waals surface area contributed by atoms with Gasteiger partial charge in [0.05, 0.1) is 12.6 Å². The second-order valence-corrected chi connectivity index (χ2v) is 4.81. The van der Waals surface area contributed by atoms with Crippen LogP contribution in [0.25, 0.3) is 0 Å². The van der Waals surface area contributed by atoms with E-state index >= 15 is 0 Å². The van der Waals surface area contributed by atoms with Crippen LogP contribution in [0.15, 0.2) is 24.3 Å². The molecule has 1 aromatic carbocycles. The molecule has 18 heavy (non-hydrogen) atoms. The Bertz CT molecular complexity index is 403. The van der Waals surface area contributed by atoms with Gasteiger partial charge in [0.2, 0.25) is 0 Å². The molecule has 0 aliphatic carbocycles. The van der Waals surface area contributed by atoms with Gasteiger partial charge >= 0.3 is 0 Å².